The van der Waals surface area contributed by atoms with Gasteiger partial charge in [0.25, 0.3) is 0 Å². The maximum Gasteiger partial charge on any atom is 0.232 e. The van der Waals surface area contributed by atoms with Crippen LogP contribution in [0.1, 0.15) is 39.3 Å². The molecule has 0 spiro atoms. The van der Waals surface area contributed by atoms with Crippen LogP contribution in [0.5, 0.6) is 11.5 Å². The van der Waals surface area contributed by atoms with Gasteiger partial charge >= 0.3 is 0 Å². The van der Waals surface area contributed by atoms with Crippen molar-refractivity contribution in [2.24, 2.45) is 0 Å². The van der Waals surface area contributed by atoms with Crippen molar-refractivity contribution >= 4 is 11.6 Å². The van der Waals surface area contributed by atoms with Gasteiger partial charge in [-0.1, -0.05) is 6.07 Å². The number of benzene rings is 1. The Morgan fingerprint density at radius 2 is 2.00 bits per heavy atom. The van der Waals surface area contributed by atoms with Gasteiger partial charge in [-0.2, -0.15) is 0 Å². The molecule has 0 bridgehead atoms. The Morgan fingerprint density at radius 3 is 2.79 bits per heavy atom. The van der Waals surface area contributed by atoms with E-state index < -0.39 is 6.29 Å². The second-order valence-corrected chi connectivity index (χ2v) is 5.56. The van der Waals surface area contributed by atoms with Gasteiger partial charge in [-0.05, 0) is 36.8 Å². The number of carbonyl (C=O) groups excluding carboxylic acids is 2. The molecule has 1 aromatic carbocycles. The lowest BCUT2D eigenvalue weighted by Crippen LogP contribution is -2.28. The van der Waals surface area contributed by atoms with Crippen LogP contribution in [0.25, 0.3) is 0 Å². The van der Waals surface area contributed by atoms with E-state index in [9.17, 15) is 14.7 Å². The lowest BCUT2D eigenvalue weighted by molar-refractivity contribution is -0.0670. The van der Waals surface area contributed by atoms with Gasteiger partial charge in [0.05, 0.1) is 0 Å². The van der Waals surface area contributed by atoms with Gasteiger partial charge in [-0.3, -0.25) is 14.6 Å². The minimum atomic E-state index is -1.00. The molecular weight excluding hydrogens is 310 g/mol. The Morgan fingerprint density at radius 1 is 1.21 bits per heavy atom. The molecule has 6 nitrogen and oxygen atoms in total. The molecule has 2 heterocycles. The molecule has 0 amide bonds. The zero-order valence-corrected chi connectivity index (χ0v) is 13.2. The van der Waals surface area contributed by atoms with Crippen molar-refractivity contribution in [1.29, 1.82) is 0 Å². The van der Waals surface area contributed by atoms with Crippen molar-refractivity contribution in [2.45, 2.75) is 26.1 Å². The summed E-state index contributed by atoms with van der Waals surface area (Å²) in [5.41, 5.74) is 1.65. The lowest BCUT2D eigenvalue weighted by Gasteiger charge is -2.22. The van der Waals surface area contributed by atoms with Gasteiger partial charge < -0.3 is 14.6 Å². The molecule has 1 atom stereocenters. The largest absolute Gasteiger partial charge is 0.483 e. The van der Waals surface area contributed by atoms with Gasteiger partial charge in [0.15, 0.2) is 29.7 Å². The number of hydrogen-bond donors (Lipinski definition) is 1. The van der Waals surface area contributed by atoms with Gasteiger partial charge in [0.1, 0.15) is 5.69 Å². The number of aliphatic hydroxyl groups excluding tert-OH is 1. The second kappa shape index (κ2) is 6.80. The highest BCUT2D eigenvalue weighted by Gasteiger charge is 2.20. The summed E-state index contributed by atoms with van der Waals surface area (Å²) in [6, 6.07) is 8.33. The first kappa shape index (κ1) is 16.1. The summed E-state index contributed by atoms with van der Waals surface area (Å²) in [4.78, 5) is 28.6. The van der Waals surface area contributed by atoms with Crippen molar-refractivity contribution in [3.8, 4) is 11.5 Å². The fourth-order valence-electron chi connectivity index (χ4n) is 2.50. The quantitative estimate of drug-likeness (QED) is 0.848. The maximum absolute atomic E-state index is 12.3. The Balaban J connectivity index is 1.65. The molecule has 6 heteroatoms. The predicted octanol–water partition coefficient (Wildman–Crippen LogP) is 2.33. The van der Waals surface area contributed by atoms with E-state index in [2.05, 4.69) is 4.98 Å². The highest BCUT2D eigenvalue weighted by atomic mass is 16.7. The van der Waals surface area contributed by atoms with Crippen molar-refractivity contribution in [3.05, 3.63) is 53.3 Å². The number of ketones is 2. The molecule has 1 unspecified atom stereocenters. The summed E-state index contributed by atoms with van der Waals surface area (Å²) in [6.45, 7) is 1.83. The number of aliphatic hydroxyl groups is 1. The fraction of sp³-hybridized carbons (Fsp3) is 0.278. The molecule has 1 N–H and O–H groups in total. The number of hydrogen-bond acceptors (Lipinski definition) is 6. The number of nitrogens with zero attached hydrogens (tertiary/aromatic N) is 1. The molecule has 0 radical (unpaired) electrons. The summed E-state index contributed by atoms with van der Waals surface area (Å²) in [5, 5.41) is 9.35. The summed E-state index contributed by atoms with van der Waals surface area (Å²) < 4.78 is 10.5. The van der Waals surface area contributed by atoms with E-state index in [0.717, 1.165) is 5.56 Å². The molecule has 0 fully saturated rings. The molecule has 2 aromatic rings. The van der Waals surface area contributed by atoms with Gasteiger partial charge in [-0.15, -0.1) is 0 Å². The molecule has 0 saturated carbocycles. The third-order valence-electron chi connectivity index (χ3n) is 3.76. The normalized spacial score (nSPS) is 15.8. The van der Waals surface area contributed by atoms with Gasteiger partial charge in [-0.25, -0.2) is 0 Å². The Kier molecular flexibility index (Phi) is 4.57. The van der Waals surface area contributed by atoms with Crippen LogP contribution in [0.2, 0.25) is 0 Å². The third kappa shape index (κ3) is 3.44. The first-order chi connectivity index (χ1) is 11.5. The van der Waals surface area contributed by atoms with Crippen LogP contribution in [0.4, 0.5) is 0 Å². The number of aryl methyl sites for hydroxylation is 1. The summed E-state index contributed by atoms with van der Waals surface area (Å²) in [5.74, 6) is 0.500. The van der Waals surface area contributed by atoms with E-state index in [0.29, 0.717) is 22.8 Å². The maximum atomic E-state index is 12.3. The number of pyridine rings is 1. The van der Waals surface area contributed by atoms with Crippen LogP contribution in [0.15, 0.2) is 36.5 Å². The van der Waals surface area contributed by atoms with Crippen LogP contribution < -0.4 is 9.47 Å². The smallest absolute Gasteiger partial charge is 0.232 e. The molecule has 0 saturated heterocycles. The molecule has 1 aromatic heterocycles. The van der Waals surface area contributed by atoms with Crippen LogP contribution in [0, 0.1) is 6.92 Å². The molecule has 24 heavy (non-hydrogen) atoms. The number of carbonyl (C=O) groups is 2. The number of fused-ring (bicyclic) bond motifs is 1. The first-order valence-electron chi connectivity index (χ1n) is 7.64. The average Bonchev–Trinajstić information content (AvgIpc) is 2.59. The van der Waals surface area contributed by atoms with E-state index in [1.54, 1.807) is 30.5 Å². The van der Waals surface area contributed by atoms with E-state index >= 15 is 0 Å². The highest BCUT2D eigenvalue weighted by molar-refractivity contribution is 6.02. The predicted molar refractivity (Wildman–Crippen MR) is 85.4 cm³/mol. The molecule has 0 aliphatic carbocycles. The van der Waals surface area contributed by atoms with Crippen molar-refractivity contribution < 1.29 is 24.2 Å². The SMILES string of the molecule is Cc1cccnc1C(=O)CCC(=O)c1ccc2c(c1)OCC(O)O2. The third-order valence-corrected chi connectivity index (χ3v) is 3.76. The Bertz CT molecular complexity index is 787. The first-order valence-corrected chi connectivity index (χ1v) is 7.64. The van der Waals surface area contributed by atoms with Crippen LogP contribution in [-0.2, 0) is 0 Å². The summed E-state index contributed by atoms with van der Waals surface area (Å²) in [6.07, 6.45) is 0.761. The topological polar surface area (TPSA) is 85.7 Å². The van der Waals surface area contributed by atoms with Crippen molar-refractivity contribution in [2.75, 3.05) is 6.61 Å². The van der Waals surface area contributed by atoms with Crippen LogP contribution >= 0.6 is 0 Å². The zero-order chi connectivity index (χ0) is 17.1. The molecule has 3 rings (SSSR count). The summed E-state index contributed by atoms with van der Waals surface area (Å²) >= 11 is 0. The molecule has 124 valence electrons. The second-order valence-electron chi connectivity index (χ2n) is 5.56. The van der Waals surface area contributed by atoms with Crippen molar-refractivity contribution in [3.63, 3.8) is 0 Å². The number of Topliss-reactive ketones (excluding diaryl/α,β-unsaturated/α-hetero) is 2. The summed E-state index contributed by atoms with van der Waals surface area (Å²) in [7, 11) is 0. The number of ether oxygens (including phenoxy) is 2. The minimum absolute atomic E-state index is 0.0160. The van der Waals surface area contributed by atoms with E-state index in [1.165, 1.54) is 0 Å². The van der Waals surface area contributed by atoms with E-state index in [1.807, 2.05) is 13.0 Å². The average molecular weight is 327 g/mol. The van der Waals surface area contributed by atoms with Crippen LogP contribution in [0.3, 0.4) is 0 Å². The van der Waals surface area contributed by atoms with Crippen molar-refractivity contribution in [1.82, 2.24) is 4.98 Å². The Hall–Kier alpha value is -2.73. The minimum Gasteiger partial charge on any atom is -0.483 e. The number of rotatable bonds is 5. The monoisotopic (exact) mass is 327 g/mol. The fourth-order valence-corrected chi connectivity index (χ4v) is 2.50. The van der Waals surface area contributed by atoms with E-state index in [-0.39, 0.29) is 31.0 Å². The lowest BCUT2D eigenvalue weighted by atomic mass is 10.0. The number of aromatic nitrogens is 1. The highest BCUT2D eigenvalue weighted by Crippen LogP contribution is 2.32. The Labute approximate surface area is 139 Å². The molecule has 1 aliphatic heterocycles. The van der Waals surface area contributed by atoms with Crippen LogP contribution in [-0.4, -0.2) is 34.6 Å². The van der Waals surface area contributed by atoms with Gasteiger partial charge in [0, 0.05) is 24.6 Å². The standard InChI is InChI=1S/C18H17NO5/c1-11-3-2-8-19-18(11)14(21)6-5-13(20)12-4-7-15-16(9-12)23-10-17(22)24-15/h2-4,7-9,17,22H,5-6,10H2,1H3. The van der Waals surface area contributed by atoms with Gasteiger partial charge in [0.2, 0.25) is 6.29 Å². The van der Waals surface area contributed by atoms with E-state index in [4.69, 9.17) is 9.47 Å². The molecule has 1 aliphatic rings. The zero-order valence-electron chi connectivity index (χ0n) is 13.2. The molecular formula is C18H17NO5.